The molecule has 1 heterocycles. The third-order valence-corrected chi connectivity index (χ3v) is 5.50. The summed E-state index contributed by atoms with van der Waals surface area (Å²) in [5.41, 5.74) is 2.99. The van der Waals surface area contributed by atoms with Crippen LogP contribution in [0.5, 0.6) is 11.5 Å². The number of aromatic nitrogens is 2. The predicted molar refractivity (Wildman–Crippen MR) is 107 cm³/mol. The molecule has 0 spiro atoms. The van der Waals surface area contributed by atoms with E-state index in [1.54, 1.807) is 18.5 Å². The van der Waals surface area contributed by atoms with Gasteiger partial charge in [-0.3, -0.25) is 9.40 Å². The fourth-order valence-corrected chi connectivity index (χ4v) is 3.48. The molecule has 0 atom stereocenters. The topological polar surface area (TPSA) is 73.2 Å². The van der Waals surface area contributed by atoms with Crippen molar-refractivity contribution in [2.45, 2.75) is 27.3 Å². The normalized spacial score (nSPS) is 11.4. The lowest BCUT2D eigenvalue weighted by Gasteiger charge is -2.10. The van der Waals surface area contributed by atoms with Gasteiger partial charge < -0.3 is 4.74 Å². The van der Waals surface area contributed by atoms with Crippen molar-refractivity contribution in [1.82, 2.24) is 9.78 Å². The molecule has 142 valence electrons. The van der Waals surface area contributed by atoms with Crippen LogP contribution in [0.1, 0.15) is 23.9 Å². The Morgan fingerprint density at radius 3 is 2.44 bits per heavy atom. The number of benzene rings is 2. The molecule has 0 amide bonds. The van der Waals surface area contributed by atoms with E-state index in [0.29, 0.717) is 17.9 Å². The van der Waals surface area contributed by atoms with Gasteiger partial charge in [0.2, 0.25) is 10.0 Å². The minimum Gasteiger partial charge on any atom is -0.457 e. The lowest BCUT2D eigenvalue weighted by Crippen LogP contribution is -2.15. The Labute approximate surface area is 159 Å². The number of nitrogens with zero attached hydrogens (tertiary/aromatic N) is 2. The van der Waals surface area contributed by atoms with Crippen molar-refractivity contribution in [2.24, 2.45) is 0 Å². The molecule has 0 unspecified atom stereocenters. The van der Waals surface area contributed by atoms with Gasteiger partial charge in [-0.15, -0.1) is 0 Å². The molecule has 27 heavy (non-hydrogen) atoms. The van der Waals surface area contributed by atoms with Gasteiger partial charge in [0, 0.05) is 0 Å². The van der Waals surface area contributed by atoms with Gasteiger partial charge in [-0.1, -0.05) is 30.3 Å². The molecular formula is C20H23N3O3S. The Bertz CT molecular complexity index is 1030. The van der Waals surface area contributed by atoms with Crippen LogP contribution >= 0.6 is 0 Å². The molecule has 0 radical (unpaired) electrons. The zero-order valence-electron chi connectivity index (χ0n) is 15.6. The molecule has 1 N–H and O–H groups in total. The molecule has 3 aromatic rings. The quantitative estimate of drug-likeness (QED) is 0.664. The molecule has 0 aliphatic carbocycles. The first-order chi connectivity index (χ1) is 12.9. The number of ether oxygens (including phenoxy) is 1. The smallest absolute Gasteiger partial charge is 0.232 e. The van der Waals surface area contributed by atoms with E-state index in [0.717, 1.165) is 22.8 Å². The number of para-hydroxylation sites is 1. The van der Waals surface area contributed by atoms with E-state index in [1.807, 2.05) is 61.5 Å². The summed E-state index contributed by atoms with van der Waals surface area (Å²) in [6.45, 7) is 5.78. The maximum atomic E-state index is 11.9. The van der Waals surface area contributed by atoms with Crippen molar-refractivity contribution in [1.29, 1.82) is 0 Å². The first kappa shape index (κ1) is 19.0. The minimum absolute atomic E-state index is 0.0237. The zero-order valence-corrected chi connectivity index (χ0v) is 16.5. The van der Waals surface area contributed by atoms with Crippen LogP contribution in [0.25, 0.3) is 0 Å². The van der Waals surface area contributed by atoms with Gasteiger partial charge in [-0.2, -0.15) is 5.10 Å². The van der Waals surface area contributed by atoms with E-state index in [1.165, 1.54) is 0 Å². The summed E-state index contributed by atoms with van der Waals surface area (Å²) in [5, 5.41) is 4.49. The number of hydrogen-bond acceptors (Lipinski definition) is 4. The monoisotopic (exact) mass is 385 g/mol. The summed E-state index contributed by atoms with van der Waals surface area (Å²) in [6.07, 6.45) is 0. The van der Waals surface area contributed by atoms with Crippen molar-refractivity contribution in [3.8, 4) is 11.5 Å². The van der Waals surface area contributed by atoms with Crippen LogP contribution < -0.4 is 9.46 Å². The highest BCUT2D eigenvalue weighted by Gasteiger charge is 2.16. The summed E-state index contributed by atoms with van der Waals surface area (Å²) < 4.78 is 34.1. The average molecular weight is 385 g/mol. The number of aryl methyl sites for hydroxylation is 1. The Kier molecular flexibility index (Phi) is 5.51. The molecule has 1 aromatic heterocycles. The van der Waals surface area contributed by atoms with E-state index >= 15 is 0 Å². The third kappa shape index (κ3) is 4.68. The van der Waals surface area contributed by atoms with Crippen LogP contribution in [0.2, 0.25) is 0 Å². The fourth-order valence-electron chi connectivity index (χ4n) is 2.73. The van der Waals surface area contributed by atoms with E-state index in [4.69, 9.17) is 4.74 Å². The molecule has 0 saturated heterocycles. The predicted octanol–water partition coefficient (Wildman–Crippen LogP) is 4.10. The fraction of sp³-hybridized carbons (Fsp3) is 0.250. The number of rotatable bonds is 7. The molecule has 0 saturated carbocycles. The second-order valence-electron chi connectivity index (χ2n) is 6.27. The summed E-state index contributed by atoms with van der Waals surface area (Å²) >= 11 is 0. The highest BCUT2D eigenvalue weighted by Crippen LogP contribution is 2.24. The highest BCUT2D eigenvalue weighted by atomic mass is 32.2. The Hall–Kier alpha value is -2.80. The van der Waals surface area contributed by atoms with E-state index < -0.39 is 10.0 Å². The van der Waals surface area contributed by atoms with Gasteiger partial charge >= 0.3 is 0 Å². The maximum Gasteiger partial charge on any atom is 0.232 e. The molecule has 7 heteroatoms. The summed E-state index contributed by atoms with van der Waals surface area (Å²) in [4.78, 5) is 0. The van der Waals surface area contributed by atoms with Crippen molar-refractivity contribution in [3.05, 3.63) is 71.5 Å². The molecule has 0 fully saturated rings. The first-order valence-electron chi connectivity index (χ1n) is 8.74. The van der Waals surface area contributed by atoms with Gasteiger partial charge in [0.15, 0.2) is 0 Å². The number of anilines is 1. The lowest BCUT2D eigenvalue weighted by atomic mass is 10.2. The minimum atomic E-state index is -3.34. The van der Waals surface area contributed by atoms with Crippen molar-refractivity contribution in [3.63, 3.8) is 0 Å². The largest absolute Gasteiger partial charge is 0.457 e. The summed E-state index contributed by atoms with van der Waals surface area (Å²) in [5.74, 6) is 1.54. The molecule has 2 aromatic carbocycles. The first-order valence-corrected chi connectivity index (χ1v) is 10.4. The molecular weight excluding hydrogens is 362 g/mol. The van der Waals surface area contributed by atoms with Crippen LogP contribution in [0.3, 0.4) is 0 Å². The Morgan fingerprint density at radius 1 is 1.04 bits per heavy atom. The zero-order chi connectivity index (χ0) is 19.4. The Morgan fingerprint density at radius 2 is 1.74 bits per heavy atom. The van der Waals surface area contributed by atoms with E-state index in [2.05, 4.69) is 9.82 Å². The van der Waals surface area contributed by atoms with E-state index in [-0.39, 0.29) is 5.75 Å². The molecule has 6 nitrogen and oxygen atoms in total. The Balaban J connectivity index is 1.81. The third-order valence-electron chi connectivity index (χ3n) is 4.23. The van der Waals surface area contributed by atoms with Gasteiger partial charge in [-0.05, 0) is 50.6 Å². The summed E-state index contributed by atoms with van der Waals surface area (Å²) in [6, 6.07) is 17.4. The van der Waals surface area contributed by atoms with Crippen LogP contribution in [-0.2, 0) is 16.6 Å². The van der Waals surface area contributed by atoms with Crippen molar-refractivity contribution < 1.29 is 13.2 Å². The molecule has 0 aliphatic heterocycles. The van der Waals surface area contributed by atoms with Crippen LogP contribution in [0, 0.1) is 13.8 Å². The molecule has 0 aliphatic rings. The number of hydrogen-bond donors (Lipinski definition) is 1. The van der Waals surface area contributed by atoms with Gasteiger partial charge in [0.05, 0.1) is 29.4 Å². The number of sulfonamides is 1. The van der Waals surface area contributed by atoms with Gasteiger partial charge in [0.1, 0.15) is 11.5 Å². The number of nitrogens with one attached hydrogen (secondary N) is 1. The second-order valence-corrected chi connectivity index (χ2v) is 8.28. The van der Waals surface area contributed by atoms with Crippen molar-refractivity contribution >= 4 is 15.7 Å². The van der Waals surface area contributed by atoms with Gasteiger partial charge in [-0.25, -0.2) is 8.42 Å². The lowest BCUT2D eigenvalue weighted by molar-refractivity contribution is 0.481. The highest BCUT2D eigenvalue weighted by molar-refractivity contribution is 7.92. The van der Waals surface area contributed by atoms with Gasteiger partial charge in [0.25, 0.3) is 0 Å². The van der Waals surface area contributed by atoms with E-state index in [9.17, 15) is 8.42 Å². The summed E-state index contributed by atoms with van der Waals surface area (Å²) in [7, 11) is -3.34. The van der Waals surface area contributed by atoms with Crippen LogP contribution in [0.4, 0.5) is 5.69 Å². The second kappa shape index (κ2) is 7.84. The van der Waals surface area contributed by atoms with Crippen LogP contribution in [-0.4, -0.2) is 24.0 Å². The standard InChI is InChI=1S/C20H23N3O3S/c1-4-27(24,25)22-20-15(2)21-23(16(20)3)14-17-9-8-12-19(13-17)26-18-10-6-5-7-11-18/h5-13,22H,4,14H2,1-3H3. The molecule has 3 rings (SSSR count). The average Bonchev–Trinajstić information content (AvgIpc) is 2.90. The maximum absolute atomic E-state index is 11.9. The van der Waals surface area contributed by atoms with Crippen LogP contribution in [0.15, 0.2) is 54.6 Å². The molecule has 0 bridgehead atoms. The van der Waals surface area contributed by atoms with Crippen molar-refractivity contribution in [2.75, 3.05) is 10.5 Å². The SMILES string of the molecule is CCS(=O)(=O)Nc1c(C)nn(Cc2cccc(Oc3ccccc3)c2)c1C.